The number of anilines is 1. The molecular formula is C38H40N6O2. The monoisotopic (exact) mass is 612 g/mol. The van der Waals surface area contributed by atoms with Crippen molar-refractivity contribution in [3.8, 4) is 22.3 Å². The van der Waals surface area contributed by atoms with Crippen LogP contribution >= 0.6 is 0 Å². The topological polar surface area (TPSA) is 105 Å². The highest BCUT2D eigenvalue weighted by Crippen LogP contribution is 2.32. The highest BCUT2D eigenvalue weighted by atomic mass is 16.2. The number of likely N-dealkylation sites (tertiary alicyclic amines) is 1. The van der Waals surface area contributed by atoms with Gasteiger partial charge in [0.2, 0.25) is 11.8 Å². The SMILES string of the molecule is Cc1cc(-c2ccnn3cc(-c4ccc(CN5CCC(c6ccc(NC7CCC(=O)NC7=O)cc6)CC5)cc4)cc23)ccc1CN. The molecule has 5 aromatic rings. The lowest BCUT2D eigenvalue weighted by atomic mass is 9.89. The van der Waals surface area contributed by atoms with Gasteiger partial charge in [-0.2, -0.15) is 5.10 Å². The van der Waals surface area contributed by atoms with E-state index in [9.17, 15) is 9.59 Å². The maximum atomic E-state index is 12.1. The number of aromatic nitrogens is 2. The number of nitrogens with zero attached hydrogens (tertiary/aromatic N) is 3. The van der Waals surface area contributed by atoms with Gasteiger partial charge in [-0.15, -0.1) is 0 Å². The van der Waals surface area contributed by atoms with Gasteiger partial charge in [0, 0.05) is 48.7 Å². The smallest absolute Gasteiger partial charge is 0.249 e. The van der Waals surface area contributed by atoms with E-state index < -0.39 is 0 Å². The first kappa shape index (κ1) is 29.9. The first-order valence-electron chi connectivity index (χ1n) is 16.2. The molecule has 2 aromatic heterocycles. The molecule has 46 heavy (non-hydrogen) atoms. The summed E-state index contributed by atoms with van der Waals surface area (Å²) in [6.45, 7) is 5.73. The van der Waals surface area contributed by atoms with Gasteiger partial charge in [-0.3, -0.25) is 19.8 Å². The number of fused-ring (bicyclic) bond motifs is 1. The van der Waals surface area contributed by atoms with Crippen LogP contribution in [0, 0.1) is 6.92 Å². The second-order valence-electron chi connectivity index (χ2n) is 12.7. The summed E-state index contributed by atoms with van der Waals surface area (Å²) in [6.07, 6.45) is 7.12. The van der Waals surface area contributed by atoms with Gasteiger partial charge in [-0.05, 0) is 103 Å². The predicted octanol–water partition coefficient (Wildman–Crippen LogP) is 6.03. The lowest BCUT2D eigenvalue weighted by molar-refractivity contribution is -0.133. The van der Waals surface area contributed by atoms with Gasteiger partial charge in [0.15, 0.2) is 0 Å². The van der Waals surface area contributed by atoms with Crippen molar-refractivity contribution in [3.63, 3.8) is 0 Å². The first-order valence-corrected chi connectivity index (χ1v) is 16.2. The highest BCUT2D eigenvalue weighted by Gasteiger charge is 2.26. The number of benzene rings is 3. The average Bonchev–Trinajstić information content (AvgIpc) is 3.52. The van der Waals surface area contributed by atoms with E-state index in [1.165, 1.54) is 33.4 Å². The molecule has 0 aliphatic carbocycles. The number of carbonyl (C=O) groups is 2. The molecule has 8 heteroatoms. The molecule has 2 saturated heterocycles. The van der Waals surface area contributed by atoms with Gasteiger partial charge in [-0.1, -0.05) is 54.6 Å². The fraction of sp³-hybridized carbons (Fsp3) is 0.289. The van der Waals surface area contributed by atoms with Gasteiger partial charge in [0.25, 0.3) is 0 Å². The Kier molecular flexibility index (Phi) is 8.39. The number of aryl methyl sites for hydroxylation is 1. The molecule has 2 aliphatic heterocycles. The van der Waals surface area contributed by atoms with Crippen LogP contribution in [0.2, 0.25) is 0 Å². The zero-order chi connectivity index (χ0) is 31.6. The molecule has 0 saturated carbocycles. The van der Waals surface area contributed by atoms with E-state index in [2.05, 4.69) is 113 Å². The van der Waals surface area contributed by atoms with Crippen molar-refractivity contribution in [1.82, 2.24) is 19.8 Å². The molecule has 8 nitrogen and oxygen atoms in total. The number of rotatable bonds is 8. The molecule has 0 bridgehead atoms. The Hall–Kier alpha value is -4.79. The Labute approximate surface area is 269 Å². The summed E-state index contributed by atoms with van der Waals surface area (Å²) in [6, 6.07) is 27.8. The lowest BCUT2D eigenvalue weighted by Gasteiger charge is -2.32. The third kappa shape index (κ3) is 6.32. The summed E-state index contributed by atoms with van der Waals surface area (Å²) in [5.74, 6) is 0.0990. The summed E-state index contributed by atoms with van der Waals surface area (Å²) >= 11 is 0. The summed E-state index contributed by atoms with van der Waals surface area (Å²) in [5.41, 5.74) is 17.6. The van der Waals surface area contributed by atoms with Crippen LogP contribution in [0.3, 0.4) is 0 Å². The number of carbonyl (C=O) groups excluding carboxylic acids is 2. The van der Waals surface area contributed by atoms with Crippen LogP contribution in [-0.2, 0) is 22.7 Å². The van der Waals surface area contributed by atoms with Gasteiger partial charge in [0.05, 0.1) is 5.52 Å². The van der Waals surface area contributed by atoms with Crippen molar-refractivity contribution < 1.29 is 9.59 Å². The molecule has 1 atom stereocenters. The summed E-state index contributed by atoms with van der Waals surface area (Å²) < 4.78 is 1.97. The fourth-order valence-corrected chi connectivity index (χ4v) is 6.88. The van der Waals surface area contributed by atoms with E-state index in [-0.39, 0.29) is 17.9 Å². The number of piperidine rings is 2. The number of hydrogen-bond donors (Lipinski definition) is 3. The molecule has 4 N–H and O–H groups in total. The van der Waals surface area contributed by atoms with Gasteiger partial charge in [0.1, 0.15) is 6.04 Å². The number of nitrogens with two attached hydrogens (primary N) is 1. The Morgan fingerprint density at radius 3 is 2.37 bits per heavy atom. The van der Waals surface area contributed by atoms with E-state index in [1.807, 2.05) is 10.7 Å². The van der Waals surface area contributed by atoms with Crippen LogP contribution in [0.5, 0.6) is 0 Å². The van der Waals surface area contributed by atoms with Crippen LogP contribution in [0.15, 0.2) is 91.3 Å². The van der Waals surface area contributed by atoms with Crippen molar-refractivity contribution in [2.24, 2.45) is 5.73 Å². The predicted molar refractivity (Wildman–Crippen MR) is 182 cm³/mol. The van der Waals surface area contributed by atoms with Crippen LogP contribution in [0.25, 0.3) is 27.8 Å². The summed E-state index contributed by atoms with van der Waals surface area (Å²) in [4.78, 5) is 26.0. The molecule has 2 aliphatic rings. The minimum Gasteiger partial charge on any atom is -0.374 e. The van der Waals surface area contributed by atoms with E-state index in [0.29, 0.717) is 25.3 Å². The third-order valence-electron chi connectivity index (χ3n) is 9.63. The zero-order valence-corrected chi connectivity index (χ0v) is 26.2. The maximum absolute atomic E-state index is 12.1. The highest BCUT2D eigenvalue weighted by molar-refractivity contribution is 6.01. The van der Waals surface area contributed by atoms with Crippen molar-refractivity contribution in [1.29, 1.82) is 0 Å². The van der Waals surface area contributed by atoms with E-state index in [1.54, 1.807) is 0 Å². The number of hydrogen-bond acceptors (Lipinski definition) is 6. The molecule has 3 aromatic carbocycles. The number of imide groups is 1. The molecule has 2 amide bonds. The van der Waals surface area contributed by atoms with Crippen LogP contribution in [0.1, 0.15) is 53.9 Å². The Bertz CT molecular complexity index is 1870. The largest absolute Gasteiger partial charge is 0.374 e. The number of amides is 2. The maximum Gasteiger partial charge on any atom is 0.249 e. The quantitative estimate of drug-likeness (QED) is 0.185. The average molecular weight is 613 g/mol. The van der Waals surface area contributed by atoms with Gasteiger partial charge >= 0.3 is 0 Å². The lowest BCUT2D eigenvalue weighted by Crippen LogP contribution is -2.47. The molecule has 2 fully saturated rings. The fourth-order valence-electron chi connectivity index (χ4n) is 6.88. The summed E-state index contributed by atoms with van der Waals surface area (Å²) in [7, 11) is 0. The third-order valence-corrected chi connectivity index (χ3v) is 9.63. The molecule has 7 rings (SSSR count). The number of nitrogens with one attached hydrogen (secondary N) is 2. The Morgan fingerprint density at radius 2 is 1.65 bits per heavy atom. The van der Waals surface area contributed by atoms with Gasteiger partial charge in [-0.25, -0.2) is 4.52 Å². The standard InChI is InChI=1S/C38H40N6O2/c1-25-20-30(6-7-31(25)22-39)34-14-17-40-44-24-32(21-36(34)44)28-4-2-26(3-5-28)23-43-18-15-29(16-19-43)27-8-10-33(11-9-27)41-35-12-13-37(45)42-38(35)46/h2-11,14,17,20-21,24,29,35,41H,12-13,15-16,18-19,22-23,39H2,1H3,(H,42,45,46). The molecule has 0 radical (unpaired) electrons. The molecule has 1 unspecified atom stereocenters. The van der Waals surface area contributed by atoms with Crippen molar-refractivity contribution in [3.05, 3.63) is 114 Å². The van der Waals surface area contributed by atoms with E-state index >= 15 is 0 Å². The van der Waals surface area contributed by atoms with Crippen molar-refractivity contribution in [2.45, 2.75) is 57.7 Å². The van der Waals surface area contributed by atoms with Crippen molar-refractivity contribution >= 4 is 23.0 Å². The second-order valence-corrected chi connectivity index (χ2v) is 12.7. The van der Waals surface area contributed by atoms with Crippen molar-refractivity contribution in [2.75, 3.05) is 18.4 Å². The molecule has 4 heterocycles. The van der Waals surface area contributed by atoms with E-state index in [4.69, 9.17) is 5.73 Å². The minimum absolute atomic E-state index is 0.194. The Balaban J connectivity index is 0.953. The van der Waals surface area contributed by atoms with Crippen LogP contribution < -0.4 is 16.4 Å². The zero-order valence-electron chi connectivity index (χ0n) is 26.2. The first-order chi connectivity index (χ1) is 22.4. The van der Waals surface area contributed by atoms with Crippen LogP contribution in [0.4, 0.5) is 5.69 Å². The summed E-state index contributed by atoms with van der Waals surface area (Å²) in [5, 5.41) is 10.3. The minimum atomic E-state index is -0.358. The molecule has 0 spiro atoms. The molecular weight excluding hydrogens is 572 g/mol. The Morgan fingerprint density at radius 1 is 0.891 bits per heavy atom. The van der Waals surface area contributed by atoms with Crippen LogP contribution in [-0.4, -0.2) is 45.5 Å². The second kappa shape index (κ2) is 12.9. The normalized spacial score (nSPS) is 17.7. The molecule has 234 valence electrons. The van der Waals surface area contributed by atoms with E-state index in [0.717, 1.165) is 54.8 Å². The van der Waals surface area contributed by atoms with Gasteiger partial charge < -0.3 is 11.1 Å².